The van der Waals surface area contributed by atoms with Crippen LogP contribution < -0.4 is 0 Å². The largest absolute Gasteiger partial charge is 0.234 e. The summed E-state index contributed by atoms with van der Waals surface area (Å²) in [5.41, 5.74) is 0. The Morgan fingerprint density at radius 2 is 1.79 bits per heavy atom. The van der Waals surface area contributed by atoms with Crippen molar-refractivity contribution in [2.45, 2.75) is 0 Å². The average molecular weight is 272 g/mol. The van der Waals surface area contributed by atoms with E-state index in [1.165, 1.54) is 0 Å². The third-order valence-corrected chi connectivity index (χ3v) is 2.56. The van der Waals surface area contributed by atoms with Gasteiger partial charge in [-0.05, 0) is 22.0 Å². The zero-order chi connectivity index (χ0) is 9.97. The molecule has 70 valence electrons. The quantitative estimate of drug-likeness (QED) is 0.747. The van der Waals surface area contributed by atoms with Crippen LogP contribution in [-0.4, -0.2) is 19.9 Å². The van der Waals surface area contributed by atoms with Gasteiger partial charge in [0, 0.05) is 18.6 Å². The van der Waals surface area contributed by atoms with E-state index >= 15 is 0 Å². The monoisotopic (exact) mass is 270 g/mol. The summed E-state index contributed by atoms with van der Waals surface area (Å²) in [6.45, 7) is 0. The van der Waals surface area contributed by atoms with Gasteiger partial charge in [-0.3, -0.25) is 0 Å². The molecule has 6 heteroatoms. The first-order valence-electron chi connectivity index (χ1n) is 3.73. The van der Waals surface area contributed by atoms with Crippen molar-refractivity contribution < 1.29 is 0 Å². The van der Waals surface area contributed by atoms with Gasteiger partial charge in [-0.15, -0.1) is 0 Å². The molecule has 0 amide bonds. The van der Waals surface area contributed by atoms with Crippen molar-refractivity contribution >= 4 is 27.5 Å². The molecule has 2 aromatic heterocycles. The molecule has 0 radical (unpaired) electrons. The maximum atomic E-state index is 5.81. The van der Waals surface area contributed by atoms with E-state index in [4.69, 9.17) is 11.6 Å². The standard InChI is InChI=1S/C8H4BrClN4/c9-5-4-13-8(14-6(5)10)7-11-2-1-3-12-7/h1-4H. The molecule has 0 saturated heterocycles. The smallest absolute Gasteiger partial charge is 0.199 e. The second kappa shape index (κ2) is 3.98. The molecule has 14 heavy (non-hydrogen) atoms. The van der Waals surface area contributed by atoms with Crippen molar-refractivity contribution in [3.8, 4) is 11.6 Å². The van der Waals surface area contributed by atoms with E-state index < -0.39 is 0 Å². The summed E-state index contributed by atoms with van der Waals surface area (Å²) < 4.78 is 0.652. The molecular formula is C8H4BrClN4. The Balaban J connectivity index is 2.48. The zero-order valence-electron chi connectivity index (χ0n) is 6.85. The summed E-state index contributed by atoms with van der Waals surface area (Å²) in [7, 11) is 0. The number of hydrogen-bond donors (Lipinski definition) is 0. The second-order valence-electron chi connectivity index (χ2n) is 2.40. The number of halogens is 2. The normalized spacial score (nSPS) is 10.1. The van der Waals surface area contributed by atoms with Gasteiger partial charge in [-0.25, -0.2) is 19.9 Å². The van der Waals surface area contributed by atoms with E-state index in [2.05, 4.69) is 35.9 Å². The molecule has 0 aliphatic rings. The van der Waals surface area contributed by atoms with Gasteiger partial charge in [-0.2, -0.15) is 0 Å². The number of aromatic nitrogens is 4. The van der Waals surface area contributed by atoms with Crippen LogP contribution in [0.1, 0.15) is 0 Å². The van der Waals surface area contributed by atoms with E-state index in [0.29, 0.717) is 21.3 Å². The minimum atomic E-state index is 0.349. The summed E-state index contributed by atoms with van der Waals surface area (Å²) in [5, 5.41) is 0.349. The van der Waals surface area contributed by atoms with Gasteiger partial charge >= 0.3 is 0 Å². The van der Waals surface area contributed by atoms with Crippen molar-refractivity contribution in [3.05, 3.63) is 34.3 Å². The highest BCUT2D eigenvalue weighted by Crippen LogP contribution is 2.20. The molecule has 2 heterocycles. The lowest BCUT2D eigenvalue weighted by Crippen LogP contribution is -1.94. The fourth-order valence-corrected chi connectivity index (χ4v) is 1.19. The lowest BCUT2D eigenvalue weighted by molar-refractivity contribution is 1.07. The van der Waals surface area contributed by atoms with Crippen LogP contribution in [-0.2, 0) is 0 Å². The van der Waals surface area contributed by atoms with Gasteiger partial charge in [0.2, 0.25) is 0 Å². The summed E-state index contributed by atoms with van der Waals surface area (Å²) in [6, 6.07) is 1.73. The lowest BCUT2D eigenvalue weighted by Gasteiger charge is -1.98. The SMILES string of the molecule is Clc1nc(-c2ncccn2)ncc1Br. The zero-order valence-corrected chi connectivity index (χ0v) is 9.20. The van der Waals surface area contributed by atoms with Crippen LogP contribution in [0.3, 0.4) is 0 Å². The van der Waals surface area contributed by atoms with Crippen LogP contribution in [0.2, 0.25) is 5.15 Å². The molecule has 0 spiro atoms. The molecule has 0 aliphatic carbocycles. The van der Waals surface area contributed by atoms with E-state index in [-0.39, 0.29) is 0 Å². The summed E-state index contributed by atoms with van der Waals surface area (Å²) in [5.74, 6) is 0.876. The first-order chi connectivity index (χ1) is 6.77. The van der Waals surface area contributed by atoms with E-state index in [0.717, 1.165) is 0 Å². The van der Waals surface area contributed by atoms with E-state index in [9.17, 15) is 0 Å². The number of hydrogen-bond acceptors (Lipinski definition) is 4. The molecule has 0 saturated carbocycles. The predicted molar refractivity (Wildman–Crippen MR) is 55.8 cm³/mol. The Kier molecular flexibility index (Phi) is 2.69. The number of nitrogens with zero attached hydrogens (tertiary/aromatic N) is 4. The maximum Gasteiger partial charge on any atom is 0.199 e. The van der Waals surface area contributed by atoms with Crippen LogP contribution >= 0.6 is 27.5 Å². The second-order valence-corrected chi connectivity index (χ2v) is 3.62. The number of rotatable bonds is 1. The Morgan fingerprint density at radius 1 is 1.07 bits per heavy atom. The third kappa shape index (κ3) is 1.88. The Labute approximate surface area is 93.5 Å². The average Bonchev–Trinajstić information content (AvgIpc) is 2.23. The predicted octanol–water partition coefficient (Wildman–Crippen LogP) is 2.35. The first kappa shape index (κ1) is 9.48. The topological polar surface area (TPSA) is 51.6 Å². The summed E-state index contributed by atoms with van der Waals surface area (Å²) in [6.07, 6.45) is 4.82. The van der Waals surface area contributed by atoms with Gasteiger partial charge < -0.3 is 0 Å². The fraction of sp³-hybridized carbons (Fsp3) is 0. The molecule has 0 unspecified atom stereocenters. The fourth-order valence-electron chi connectivity index (χ4n) is 0.869. The Hall–Kier alpha value is -1.07. The summed E-state index contributed by atoms with van der Waals surface area (Å²) in [4.78, 5) is 16.1. The molecule has 2 aromatic rings. The van der Waals surface area contributed by atoms with Crippen LogP contribution in [0.15, 0.2) is 29.1 Å². The molecular weight excluding hydrogens is 267 g/mol. The Morgan fingerprint density at radius 3 is 2.43 bits per heavy atom. The van der Waals surface area contributed by atoms with Crippen LogP contribution in [0.5, 0.6) is 0 Å². The summed E-state index contributed by atoms with van der Waals surface area (Å²) >= 11 is 9.01. The minimum absolute atomic E-state index is 0.349. The molecule has 4 nitrogen and oxygen atoms in total. The molecule has 0 N–H and O–H groups in total. The van der Waals surface area contributed by atoms with E-state index in [1.54, 1.807) is 24.7 Å². The van der Waals surface area contributed by atoms with Crippen molar-refractivity contribution in [2.24, 2.45) is 0 Å². The minimum Gasteiger partial charge on any atom is -0.234 e. The Bertz CT molecular complexity index is 448. The van der Waals surface area contributed by atoms with Crippen molar-refractivity contribution in [2.75, 3.05) is 0 Å². The van der Waals surface area contributed by atoms with Crippen molar-refractivity contribution in [1.29, 1.82) is 0 Å². The van der Waals surface area contributed by atoms with E-state index in [1.807, 2.05) is 0 Å². The molecule has 0 bridgehead atoms. The van der Waals surface area contributed by atoms with Crippen molar-refractivity contribution in [3.63, 3.8) is 0 Å². The molecule has 0 aliphatic heterocycles. The van der Waals surface area contributed by atoms with Gasteiger partial charge in [0.1, 0.15) is 5.15 Å². The van der Waals surface area contributed by atoms with Crippen LogP contribution in [0.4, 0.5) is 0 Å². The third-order valence-electron chi connectivity index (χ3n) is 1.47. The van der Waals surface area contributed by atoms with Gasteiger partial charge in [0.05, 0.1) is 4.47 Å². The molecule has 0 atom stereocenters. The molecule has 0 fully saturated rings. The highest BCUT2D eigenvalue weighted by atomic mass is 79.9. The molecule has 2 rings (SSSR count). The van der Waals surface area contributed by atoms with Crippen LogP contribution in [0.25, 0.3) is 11.6 Å². The highest BCUT2D eigenvalue weighted by molar-refractivity contribution is 9.10. The van der Waals surface area contributed by atoms with Gasteiger partial charge in [0.15, 0.2) is 11.6 Å². The maximum absolute atomic E-state index is 5.81. The van der Waals surface area contributed by atoms with Crippen LogP contribution in [0, 0.1) is 0 Å². The highest BCUT2D eigenvalue weighted by Gasteiger charge is 2.06. The van der Waals surface area contributed by atoms with Gasteiger partial charge in [-0.1, -0.05) is 11.6 Å². The lowest BCUT2D eigenvalue weighted by atomic mass is 10.5. The molecule has 0 aromatic carbocycles. The first-order valence-corrected chi connectivity index (χ1v) is 4.90. The van der Waals surface area contributed by atoms with Gasteiger partial charge in [0.25, 0.3) is 0 Å². The van der Waals surface area contributed by atoms with Crippen molar-refractivity contribution in [1.82, 2.24) is 19.9 Å².